The van der Waals surface area contributed by atoms with Gasteiger partial charge in [0.05, 0.1) is 10.5 Å². The van der Waals surface area contributed by atoms with Crippen molar-refractivity contribution in [3.05, 3.63) is 77.0 Å². The van der Waals surface area contributed by atoms with Gasteiger partial charge in [0.2, 0.25) is 0 Å². The number of rotatable bonds is 5. The highest BCUT2D eigenvalue weighted by molar-refractivity contribution is 6.35. The topological polar surface area (TPSA) is 27.8 Å². The third-order valence-electron chi connectivity index (χ3n) is 5.13. The average molecular weight is 351 g/mol. The molecule has 2 nitrogen and oxygen atoms in total. The van der Waals surface area contributed by atoms with Gasteiger partial charge in [-0.1, -0.05) is 54.1 Å². The molecule has 0 saturated carbocycles. The summed E-state index contributed by atoms with van der Waals surface area (Å²) >= 11 is 6.25. The molecule has 0 bridgehead atoms. The molecule has 2 heterocycles. The number of fused-ring (bicyclic) bond motifs is 1. The van der Waals surface area contributed by atoms with E-state index >= 15 is 0 Å². The molecular weight excluding hydrogens is 328 g/mol. The molecule has 0 spiro atoms. The molecule has 3 heteroatoms. The molecule has 128 valence electrons. The van der Waals surface area contributed by atoms with Crippen LogP contribution in [-0.2, 0) is 6.42 Å². The summed E-state index contributed by atoms with van der Waals surface area (Å²) in [6, 6.07) is 17.6. The van der Waals surface area contributed by atoms with Gasteiger partial charge >= 0.3 is 0 Å². The zero-order chi connectivity index (χ0) is 17.1. The van der Waals surface area contributed by atoms with Gasteiger partial charge < -0.3 is 10.3 Å². The van der Waals surface area contributed by atoms with E-state index in [1.165, 1.54) is 34.9 Å². The highest BCUT2D eigenvalue weighted by Crippen LogP contribution is 2.28. The van der Waals surface area contributed by atoms with Crippen LogP contribution in [0.15, 0.2) is 60.8 Å². The minimum atomic E-state index is 0.564. The van der Waals surface area contributed by atoms with Crippen LogP contribution in [0.4, 0.5) is 0 Å². The Kier molecular flexibility index (Phi) is 4.91. The molecule has 2 N–H and O–H groups in total. The van der Waals surface area contributed by atoms with Crippen molar-refractivity contribution in [3.8, 4) is 0 Å². The quantitative estimate of drug-likeness (QED) is 0.616. The van der Waals surface area contributed by atoms with Crippen molar-refractivity contribution in [1.82, 2.24) is 10.3 Å². The Morgan fingerprint density at radius 1 is 1.04 bits per heavy atom. The summed E-state index contributed by atoms with van der Waals surface area (Å²) in [6.45, 7) is 0.970. The first-order valence-electron chi connectivity index (χ1n) is 9.03. The van der Waals surface area contributed by atoms with Gasteiger partial charge in [0, 0.05) is 24.2 Å². The van der Waals surface area contributed by atoms with E-state index in [9.17, 15) is 0 Å². The van der Waals surface area contributed by atoms with Crippen molar-refractivity contribution < 1.29 is 0 Å². The van der Waals surface area contributed by atoms with Crippen LogP contribution in [0.3, 0.4) is 0 Å². The van der Waals surface area contributed by atoms with Crippen LogP contribution in [0.2, 0.25) is 5.02 Å². The maximum absolute atomic E-state index is 6.25. The molecular formula is C22H23ClN2. The van der Waals surface area contributed by atoms with Crippen LogP contribution in [0.5, 0.6) is 0 Å². The fourth-order valence-electron chi connectivity index (χ4n) is 3.80. The predicted molar refractivity (Wildman–Crippen MR) is 107 cm³/mol. The average Bonchev–Trinajstić information content (AvgIpc) is 3.16. The first-order chi connectivity index (χ1) is 12.3. The summed E-state index contributed by atoms with van der Waals surface area (Å²) in [5, 5.41) is 5.70. The number of benzene rings is 2. The number of H-pyrrole nitrogens is 1. The fourth-order valence-corrected chi connectivity index (χ4v) is 4.02. The first-order valence-corrected chi connectivity index (χ1v) is 9.41. The minimum Gasteiger partial charge on any atom is -0.360 e. The lowest BCUT2D eigenvalue weighted by atomic mass is 9.92. The molecule has 0 aliphatic carbocycles. The predicted octanol–water partition coefficient (Wildman–Crippen LogP) is 5.59. The van der Waals surface area contributed by atoms with Crippen molar-refractivity contribution in [2.24, 2.45) is 0 Å². The van der Waals surface area contributed by atoms with Gasteiger partial charge in [-0.3, -0.25) is 0 Å². The largest absolute Gasteiger partial charge is 0.360 e. The second kappa shape index (κ2) is 7.47. The standard InChI is InChI=1S/C22H23ClN2/c23-21-10-9-17(20-12-14-25-22(20)21)7-4-8-19-15-18(11-13-24-19)16-5-2-1-3-6-16/h1-3,5-6,9-12,14,19,24-25H,4,7-8,13,15H2. The number of aryl methyl sites for hydroxylation is 1. The van der Waals surface area contributed by atoms with Gasteiger partial charge in [-0.15, -0.1) is 0 Å². The summed E-state index contributed by atoms with van der Waals surface area (Å²) in [6.07, 6.45) is 8.88. The Hall–Kier alpha value is -2.03. The fraction of sp³-hybridized carbons (Fsp3) is 0.273. The minimum absolute atomic E-state index is 0.564. The van der Waals surface area contributed by atoms with Crippen LogP contribution in [-0.4, -0.2) is 17.6 Å². The lowest BCUT2D eigenvalue weighted by Crippen LogP contribution is -2.32. The smallest absolute Gasteiger partial charge is 0.0647 e. The summed E-state index contributed by atoms with van der Waals surface area (Å²) in [5.41, 5.74) is 5.28. The van der Waals surface area contributed by atoms with Crippen molar-refractivity contribution in [3.63, 3.8) is 0 Å². The van der Waals surface area contributed by atoms with Gasteiger partial charge in [0.15, 0.2) is 0 Å². The number of hydrogen-bond acceptors (Lipinski definition) is 1. The lowest BCUT2D eigenvalue weighted by Gasteiger charge is -2.24. The molecule has 4 rings (SSSR count). The van der Waals surface area contributed by atoms with Crippen LogP contribution < -0.4 is 5.32 Å². The Balaban J connectivity index is 1.37. The highest BCUT2D eigenvalue weighted by atomic mass is 35.5. The van der Waals surface area contributed by atoms with E-state index in [1.54, 1.807) is 0 Å². The zero-order valence-corrected chi connectivity index (χ0v) is 15.0. The van der Waals surface area contributed by atoms with Crippen LogP contribution in [0.25, 0.3) is 16.5 Å². The maximum Gasteiger partial charge on any atom is 0.0647 e. The molecule has 1 atom stereocenters. The number of aromatic nitrogens is 1. The van der Waals surface area contributed by atoms with Crippen molar-refractivity contribution in [2.75, 3.05) is 6.54 Å². The lowest BCUT2D eigenvalue weighted by molar-refractivity contribution is 0.486. The van der Waals surface area contributed by atoms with Crippen molar-refractivity contribution >= 4 is 28.1 Å². The molecule has 0 amide bonds. The third-order valence-corrected chi connectivity index (χ3v) is 5.44. The van der Waals surface area contributed by atoms with Crippen molar-refractivity contribution in [1.29, 1.82) is 0 Å². The molecule has 0 fully saturated rings. The second-order valence-corrected chi connectivity index (χ2v) is 7.18. The Morgan fingerprint density at radius 3 is 2.80 bits per heavy atom. The van der Waals surface area contributed by atoms with Gasteiger partial charge in [0.25, 0.3) is 0 Å². The van der Waals surface area contributed by atoms with E-state index in [0.717, 1.165) is 29.9 Å². The van der Waals surface area contributed by atoms with E-state index in [2.05, 4.69) is 58.8 Å². The molecule has 1 unspecified atom stereocenters. The van der Waals surface area contributed by atoms with Gasteiger partial charge in [0.1, 0.15) is 0 Å². The van der Waals surface area contributed by atoms with E-state index in [1.807, 2.05) is 12.3 Å². The zero-order valence-electron chi connectivity index (χ0n) is 14.3. The SMILES string of the molecule is Clc1ccc(CCCC2CC(c3ccccc3)=CCN2)c2cc[nH]c12. The number of aromatic amines is 1. The molecule has 1 aromatic heterocycles. The third kappa shape index (κ3) is 3.65. The Bertz CT molecular complexity index is 879. The molecule has 3 aromatic rings. The van der Waals surface area contributed by atoms with Gasteiger partial charge in [-0.2, -0.15) is 0 Å². The second-order valence-electron chi connectivity index (χ2n) is 6.77. The molecule has 0 radical (unpaired) electrons. The van der Waals surface area contributed by atoms with E-state index < -0.39 is 0 Å². The van der Waals surface area contributed by atoms with Crippen LogP contribution >= 0.6 is 11.6 Å². The van der Waals surface area contributed by atoms with Crippen LogP contribution in [0, 0.1) is 0 Å². The summed E-state index contributed by atoms with van der Waals surface area (Å²) in [7, 11) is 0. The molecule has 25 heavy (non-hydrogen) atoms. The monoisotopic (exact) mass is 350 g/mol. The molecule has 1 aliphatic heterocycles. The molecule has 1 aliphatic rings. The Morgan fingerprint density at radius 2 is 1.92 bits per heavy atom. The summed E-state index contributed by atoms with van der Waals surface area (Å²) in [5.74, 6) is 0. The Labute approximate surface area is 153 Å². The highest BCUT2D eigenvalue weighted by Gasteiger charge is 2.16. The summed E-state index contributed by atoms with van der Waals surface area (Å²) < 4.78 is 0. The maximum atomic E-state index is 6.25. The first kappa shape index (κ1) is 16.4. The van der Waals surface area contributed by atoms with Gasteiger partial charge in [-0.25, -0.2) is 0 Å². The summed E-state index contributed by atoms with van der Waals surface area (Å²) in [4.78, 5) is 3.24. The normalized spacial score (nSPS) is 17.6. The molecule has 2 aromatic carbocycles. The van der Waals surface area contributed by atoms with Crippen molar-refractivity contribution in [2.45, 2.75) is 31.7 Å². The molecule has 0 saturated heterocycles. The van der Waals surface area contributed by atoms with Gasteiger partial charge in [-0.05, 0) is 54.5 Å². The van der Waals surface area contributed by atoms with E-state index in [4.69, 9.17) is 11.6 Å². The number of halogens is 1. The van der Waals surface area contributed by atoms with E-state index in [0.29, 0.717) is 6.04 Å². The number of nitrogens with one attached hydrogen (secondary N) is 2. The van der Waals surface area contributed by atoms with E-state index in [-0.39, 0.29) is 0 Å². The van der Waals surface area contributed by atoms with Crippen LogP contribution in [0.1, 0.15) is 30.4 Å². The number of hydrogen-bond donors (Lipinski definition) is 2.